The van der Waals surface area contributed by atoms with Crippen LogP contribution in [0.3, 0.4) is 0 Å². The van der Waals surface area contributed by atoms with E-state index in [1.807, 2.05) is 6.92 Å². The lowest BCUT2D eigenvalue weighted by molar-refractivity contribution is 0.0695. The van der Waals surface area contributed by atoms with Gasteiger partial charge in [0.15, 0.2) is 0 Å². The Kier molecular flexibility index (Phi) is 3.47. The summed E-state index contributed by atoms with van der Waals surface area (Å²) < 4.78 is 0.829. The second kappa shape index (κ2) is 4.42. The molecule has 0 aliphatic carbocycles. The highest BCUT2D eigenvalue weighted by Crippen LogP contribution is 2.26. The van der Waals surface area contributed by atoms with Crippen LogP contribution in [-0.4, -0.2) is 11.1 Å². The van der Waals surface area contributed by atoms with E-state index in [1.54, 1.807) is 18.2 Å². The van der Waals surface area contributed by atoms with E-state index in [0.717, 1.165) is 15.6 Å². The topological polar surface area (TPSA) is 37.3 Å². The number of hydrogen-bond acceptors (Lipinski definition) is 1. The second-order valence-corrected chi connectivity index (χ2v) is 3.65. The molecule has 0 aliphatic rings. The fraction of sp³-hybridized carbons (Fsp3) is 0.182. The van der Waals surface area contributed by atoms with Gasteiger partial charge in [-0.15, -0.1) is 0 Å². The lowest BCUT2D eigenvalue weighted by atomic mass is 10.0. The van der Waals surface area contributed by atoms with Gasteiger partial charge in [-0.3, -0.25) is 0 Å². The first kappa shape index (κ1) is 11.0. The zero-order valence-electron chi connectivity index (χ0n) is 7.88. The van der Waals surface area contributed by atoms with Crippen LogP contribution in [0.5, 0.6) is 0 Å². The van der Waals surface area contributed by atoms with Gasteiger partial charge in [0.25, 0.3) is 0 Å². The minimum absolute atomic E-state index is 0.352. The molecule has 14 heavy (non-hydrogen) atoms. The standard InChI is InChI=1S/C11H11BrO2/c1-3-7-5-6-9(11(13)14)8(4-2)10(7)12/h3,5-6H,1,4H2,2H3,(H,13,14). The minimum Gasteiger partial charge on any atom is -0.478 e. The van der Waals surface area contributed by atoms with Crippen LogP contribution in [0.25, 0.3) is 6.08 Å². The summed E-state index contributed by atoms with van der Waals surface area (Å²) in [5.41, 5.74) is 2.09. The Morgan fingerprint density at radius 1 is 1.64 bits per heavy atom. The largest absolute Gasteiger partial charge is 0.478 e. The van der Waals surface area contributed by atoms with Crippen molar-refractivity contribution in [3.05, 3.63) is 39.9 Å². The smallest absolute Gasteiger partial charge is 0.336 e. The van der Waals surface area contributed by atoms with Crippen molar-refractivity contribution in [3.63, 3.8) is 0 Å². The van der Waals surface area contributed by atoms with E-state index in [4.69, 9.17) is 5.11 Å². The highest BCUT2D eigenvalue weighted by atomic mass is 79.9. The third-order valence-corrected chi connectivity index (χ3v) is 3.01. The van der Waals surface area contributed by atoms with Gasteiger partial charge in [0.1, 0.15) is 0 Å². The molecule has 0 aliphatic heterocycles. The highest BCUT2D eigenvalue weighted by molar-refractivity contribution is 9.10. The van der Waals surface area contributed by atoms with Crippen LogP contribution < -0.4 is 0 Å². The van der Waals surface area contributed by atoms with Crippen molar-refractivity contribution >= 4 is 28.0 Å². The molecular weight excluding hydrogens is 244 g/mol. The molecule has 1 rings (SSSR count). The Hall–Kier alpha value is -1.09. The Labute approximate surface area is 91.4 Å². The number of carboxylic acid groups (broad SMARTS) is 1. The molecule has 1 aromatic rings. The monoisotopic (exact) mass is 254 g/mol. The molecule has 0 fully saturated rings. The van der Waals surface area contributed by atoms with Crippen molar-refractivity contribution < 1.29 is 9.90 Å². The van der Waals surface area contributed by atoms with Crippen molar-refractivity contribution in [1.29, 1.82) is 0 Å². The third kappa shape index (κ3) is 1.87. The molecule has 1 N–H and O–H groups in total. The van der Waals surface area contributed by atoms with Crippen molar-refractivity contribution in [2.75, 3.05) is 0 Å². The molecular formula is C11H11BrO2. The normalized spacial score (nSPS) is 9.86. The average molecular weight is 255 g/mol. The number of aromatic carboxylic acids is 1. The Bertz CT molecular complexity index is 383. The fourth-order valence-electron chi connectivity index (χ4n) is 1.34. The molecule has 0 saturated heterocycles. The van der Waals surface area contributed by atoms with Crippen LogP contribution in [0.2, 0.25) is 0 Å². The fourth-order valence-corrected chi connectivity index (χ4v) is 2.13. The predicted molar refractivity (Wildman–Crippen MR) is 60.6 cm³/mol. The maximum Gasteiger partial charge on any atom is 0.336 e. The molecule has 3 heteroatoms. The third-order valence-electron chi connectivity index (χ3n) is 2.08. The summed E-state index contributed by atoms with van der Waals surface area (Å²) in [6.07, 6.45) is 2.39. The lowest BCUT2D eigenvalue weighted by Gasteiger charge is -2.08. The Morgan fingerprint density at radius 3 is 2.71 bits per heavy atom. The van der Waals surface area contributed by atoms with Gasteiger partial charge in [0.2, 0.25) is 0 Å². The molecule has 0 amide bonds. The molecule has 0 unspecified atom stereocenters. The van der Waals surface area contributed by atoms with E-state index in [2.05, 4.69) is 22.5 Å². The Morgan fingerprint density at radius 2 is 2.29 bits per heavy atom. The number of rotatable bonds is 3. The van der Waals surface area contributed by atoms with E-state index in [9.17, 15) is 4.79 Å². The summed E-state index contributed by atoms with van der Waals surface area (Å²) in [6.45, 7) is 5.59. The van der Waals surface area contributed by atoms with Crippen LogP contribution in [0.15, 0.2) is 23.2 Å². The first-order valence-electron chi connectivity index (χ1n) is 4.28. The van der Waals surface area contributed by atoms with Gasteiger partial charge in [-0.1, -0.05) is 25.6 Å². The molecule has 0 saturated carbocycles. The average Bonchev–Trinajstić information content (AvgIpc) is 2.17. The van der Waals surface area contributed by atoms with E-state index in [0.29, 0.717) is 12.0 Å². The Balaban J connectivity index is 3.43. The molecule has 0 aromatic heterocycles. The van der Waals surface area contributed by atoms with Crippen LogP contribution >= 0.6 is 15.9 Å². The van der Waals surface area contributed by atoms with Crippen LogP contribution in [0.4, 0.5) is 0 Å². The molecule has 0 spiro atoms. The van der Waals surface area contributed by atoms with Gasteiger partial charge in [0.05, 0.1) is 5.56 Å². The van der Waals surface area contributed by atoms with Crippen LogP contribution in [0, 0.1) is 0 Å². The summed E-state index contributed by atoms with van der Waals surface area (Å²) in [7, 11) is 0. The molecule has 0 bridgehead atoms. The maximum atomic E-state index is 10.9. The zero-order valence-corrected chi connectivity index (χ0v) is 9.47. The number of carboxylic acids is 1. The van der Waals surface area contributed by atoms with Gasteiger partial charge >= 0.3 is 5.97 Å². The number of benzene rings is 1. The lowest BCUT2D eigenvalue weighted by Crippen LogP contribution is -2.03. The SMILES string of the molecule is C=Cc1ccc(C(=O)O)c(CC)c1Br. The zero-order chi connectivity index (χ0) is 10.7. The molecule has 74 valence electrons. The number of hydrogen-bond donors (Lipinski definition) is 1. The van der Waals surface area contributed by atoms with Crippen molar-refractivity contribution in [2.45, 2.75) is 13.3 Å². The van der Waals surface area contributed by atoms with Gasteiger partial charge < -0.3 is 5.11 Å². The predicted octanol–water partition coefficient (Wildman–Crippen LogP) is 3.35. The van der Waals surface area contributed by atoms with E-state index < -0.39 is 5.97 Å². The molecule has 1 aromatic carbocycles. The van der Waals surface area contributed by atoms with E-state index in [-0.39, 0.29) is 0 Å². The van der Waals surface area contributed by atoms with E-state index in [1.165, 1.54) is 0 Å². The minimum atomic E-state index is -0.891. The van der Waals surface area contributed by atoms with Crippen LogP contribution in [0.1, 0.15) is 28.4 Å². The summed E-state index contributed by atoms with van der Waals surface area (Å²) in [6, 6.07) is 3.36. The van der Waals surface area contributed by atoms with Gasteiger partial charge in [0, 0.05) is 4.47 Å². The maximum absolute atomic E-state index is 10.9. The van der Waals surface area contributed by atoms with Crippen molar-refractivity contribution in [2.24, 2.45) is 0 Å². The summed E-state index contributed by atoms with van der Waals surface area (Å²) in [5, 5.41) is 8.94. The van der Waals surface area contributed by atoms with E-state index >= 15 is 0 Å². The van der Waals surface area contributed by atoms with Crippen molar-refractivity contribution in [3.8, 4) is 0 Å². The molecule has 2 nitrogen and oxygen atoms in total. The highest BCUT2D eigenvalue weighted by Gasteiger charge is 2.13. The van der Waals surface area contributed by atoms with Crippen molar-refractivity contribution in [1.82, 2.24) is 0 Å². The first-order valence-corrected chi connectivity index (χ1v) is 5.08. The first-order chi connectivity index (χ1) is 6.61. The molecule has 0 atom stereocenters. The molecule has 0 heterocycles. The number of halogens is 1. The molecule has 0 radical (unpaired) electrons. The van der Waals surface area contributed by atoms with Gasteiger partial charge in [-0.25, -0.2) is 4.79 Å². The number of carbonyl (C=O) groups is 1. The summed E-state index contributed by atoms with van der Waals surface area (Å²) in [5.74, 6) is -0.891. The van der Waals surface area contributed by atoms with Crippen LogP contribution in [-0.2, 0) is 6.42 Å². The van der Waals surface area contributed by atoms with Gasteiger partial charge in [-0.05, 0) is 39.5 Å². The summed E-state index contributed by atoms with van der Waals surface area (Å²) >= 11 is 3.39. The second-order valence-electron chi connectivity index (χ2n) is 2.86. The van der Waals surface area contributed by atoms with Gasteiger partial charge in [-0.2, -0.15) is 0 Å². The summed E-state index contributed by atoms with van der Waals surface area (Å²) in [4.78, 5) is 10.9. The quantitative estimate of drug-likeness (QED) is 0.899.